The lowest BCUT2D eigenvalue weighted by atomic mass is 10.1. The van der Waals surface area contributed by atoms with Crippen LogP contribution in [0.5, 0.6) is 0 Å². The van der Waals surface area contributed by atoms with Gasteiger partial charge < -0.3 is 5.11 Å². The van der Waals surface area contributed by atoms with E-state index in [-0.39, 0.29) is 15.6 Å². The number of anilines is 1. The van der Waals surface area contributed by atoms with E-state index < -0.39 is 16.0 Å². The summed E-state index contributed by atoms with van der Waals surface area (Å²) in [5, 5.41) is 9.25. The van der Waals surface area contributed by atoms with Crippen LogP contribution in [0.2, 0.25) is 0 Å². The van der Waals surface area contributed by atoms with Crippen LogP contribution in [0.3, 0.4) is 0 Å². The molecule has 140 valence electrons. The number of aromatic carboxylic acids is 1. The van der Waals surface area contributed by atoms with E-state index >= 15 is 0 Å². The molecule has 0 saturated carbocycles. The minimum atomic E-state index is -3.87. The summed E-state index contributed by atoms with van der Waals surface area (Å²) in [5.41, 5.74) is 2.03. The minimum Gasteiger partial charge on any atom is -0.477 e. The van der Waals surface area contributed by atoms with E-state index in [9.17, 15) is 18.3 Å². The van der Waals surface area contributed by atoms with E-state index in [2.05, 4.69) is 0 Å². The Morgan fingerprint density at radius 3 is 2.19 bits per heavy atom. The molecule has 0 fully saturated rings. The Morgan fingerprint density at radius 2 is 1.63 bits per heavy atom. The van der Waals surface area contributed by atoms with Gasteiger partial charge in [0.25, 0.3) is 10.0 Å². The van der Waals surface area contributed by atoms with Gasteiger partial charge in [0.1, 0.15) is 9.09 Å². The quantitative estimate of drug-likeness (QED) is 0.644. The van der Waals surface area contributed by atoms with Crippen molar-refractivity contribution in [2.75, 3.05) is 10.8 Å². The zero-order chi connectivity index (χ0) is 19.4. The first-order valence-corrected chi connectivity index (χ1v) is 10.6. The second-order valence-corrected chi connectivity index (χ2v) is 9.17. The summed E-state index contributed by atoms with van der Waals surface area (Å²) in [5.74, 6) is -1.12. The van der Waals surface area contributed by atoms with Gasteiger partial charge in [-0.2, -0.15) is 0 Å². The first kappa shape index (κ1) is 19.1. The maximum Gasteiger partial charge on any atom is 0.346 e. The number of rotatable bonds is 7. The molecule has 0 bridgehead atoms. The summed E-state index contributed by atoms with van der Waals surface area (Å²) >= 11 is 0.790. The highest BCUT2D eigenvalue weighted by Gasteiger charge is 2.28. The van der Waals surface area contributed by atoms with Gasteiger partial charge >= 0.3 is 5.97 Å². The number of carboxylic acids is 1. The van der Waals surface area contributed by atoms with Crippen LogP contribution in [0.15, 0.2) is 70.9 Å². The molecular formula is C20H19NO4S2. The zero-order valence-corrected chi connectivity index (χ0v) is 16.3. The van der Waals surface area contributed by atoms with Gasteiger partial charge in [-0.3, -0.25) is 4.31 Å². The van der Waals surface area contributed by atoms with E-state index in [0.717, 1.165) is 16.9 Å². The lowest BCUT2D eigenvalue weighted by molar-refractivity contribution is 0.0701. The molecule has 27 heavy (non-hydrogen) atoms. The first-order chi connectivity index (χ1) is 12.9. The molecule has 3 aromatic rings. The topological polar surface area (TPSA) is 74.7 Å². The highest BCUT2D eigenvalue weighted by molar-refractivity contribution is 7.94. The molecule has 1 N–H and O–H groups in total. The van der Waals surface area contributed by atoms with Crippen molar-refractivity contribution in [2.45, 2.75) is 17.6 Å². The van der Waals surface area contributed by atoms with Gasteiger partial charge in [-0.1, -0.05) is 48.5 Å². The normalized spacial score (nSPS) is 11.3. The van der Waals surface area contributed by atoms with Crippen LogP contribution in [0.25, 0.3) is 0 Å². The number of carboxylic acid groups (broad SMARTS) is 1. The molecule has 5 nitrogen and oxygen atoms in total. The van der Waals surface area contributed by atoms with Crippen LogP contribution < -0.4 is 4.31 Å². The maximum absolute atomic E-state index is 13.3. The van der Waals surface area contributed by atoms with E-state index in [4.69, 9.17) is 0 Å². The van der Waals surface area contributed by atoms with Crippen LogP contribution in [0, 0.1) is 6.92 Å². The first-order valence-electron chi connectivity index (χ1n) is 8.35. The Balaban J connectivity index is 1.98. The van der Waals surface area contributed by atoms with E-state index in [1.165, 1.54) is 10.4 Å². The number of thiophene rings is 1. The van der Waals surface area contributed by atoms with Crippen molar-refractivity contribution in [3.8, 4) is 0 Å². The molecular weight excluding hydrogens is 382 g/mol. The van der Waals surface area contributed by atoms with Crippen molar-refractivity contribution >= 4 is 33.0 Å². The summed E-state index contributed by atoms with van der Waals surface area (Å²) in [6, 6.07) is 19.9. The van der Waals surface area contributed by atoms with Crippen molar-refractivity contribution < 1.29 is 18.3 Å². The second-order valence-electron chi connectivity index (χ2n) is 6.03. The summed E-state index contributed by atoms with van der Waals surface area (Å²) < 4.78 is 28.0. The Morgan fingerprint density at radius 1 is 1.04 bits per heavy atom. The fourth-order valence-electron chi connectivity index (χ4n) is 2.76. The van der Waals surface area contributed by atoms with Gasteiger partial charge in [0.15, 0.2) is 0 Å². The van der Waals surface area contributed by atoms with Crippen LogP contribution in [-0.4, -0.2) is 26.0 Å². The second kappa shape index (κ2) is 7.94. The van der Waals surface area contributed by atoms with Crippen molar-refractivity contribution in [1.29, 1.82) is 0 Å². The number of nitrogens with zero attached hydrogens (tertiary/aromatic N) is 1. The molecule has 0 aliphatic rings. The number of hydrogen-bond donors (Lipinski definition) is 1. The van der Waals surface area contributed by atoms with Crippen molar-refractivity contribution in [2.24, 2.45) is 0 Å². The van der Waals surface area contributed by atoms with Gasteiger partial charge in [-0.25, -0.2) is 13.2 Å². The third-order valence-corrected chi connectivity index (χ3v) is 7.63. The smallest absolute Gasteiger partial charge is 0.346 e. The van der Waals surface area contributed by atoms with Gasteiger partial charge in [0, 0.05) is 6.54 Å². The number of carbonyl (C=O) groups is 1. The molecule has 2 aromatic carbocycles. The van der Waals surface area contributed by atoms with Crippen molar-refractivity contribution in [3.63, 3.8) is 0 Å². The Labute approximate surface area is 162 Å². The largest absolute Gasteiger partial charge is 0.477 e. The number of hydrogen-bond acceptors (Lipinski definition) is 4. The molecule has 0 aliphatic carbocycles. The maximum atomic E-state index is 13.3. The number of para-hydroxylation sites is 1. The summed E-state index contributed by atoms with van der Waals surface area (Å²) in [4.78, 5) is 11.4. The molecule has 0 unspecified atom stereocenters. The van der Waals surface area contributed by atoms with Crippen molar-refractivity contribution in [3.05, 3.63) is 82.7 Å². The monoisotopic (exact) mass is 401 g/mol. The molecule has 1 aromatic heterocycles. The Hall–Kier alpha value is -2.64. The fourth-order valence-corrected chi connectivity index (χ4v) is 5.72. The average Bonchev–Trinajstić information content (AvgIpc) is 3.06. The van der Waals surface area contributed by atoms with E-state index in [0.29, 0.717) is 17.7 Å². The number of sulfonamides is 1. The van der Waals surface area contributed by atoms with Crippen molar-refractivity contribution in [1.82, 2.24) is 0 Å². The highest BCUT2D eigenvalue weighted by atomic mass is 32.2. The van der Waals surface area contributed by atoms with Gasteiger partial charge in [0.2, 0.25) is 0 Å². The SMILES string of the molecule is Cc1cc(S(=O)(=O)N(CCc2ccccc2)c2ccccc2)sc1C(=O)O. The summed E-state index contributed by atoms with van der Waals surface area (Å²) in [6.45, 7) is 1.87. The predicted octanol–water partition coefficient (Wildman–Crippen LogP) is 4.19. The molecule has 0 spiro atoms. The molecule has 7 heteroatoms. The van der Waals surface area contributed by atoms with E-state index in [1.54, 1.807) is 31.2 Å². The van der Waals surface area contributed by atoms with Gasteiger partial charge in [-0.05, 0) is 42.7 Å². The van der Waals surface area contributed by atoms with Gasteiger partial charge in [0.05, 0.1) is 5.69 Å². The van der Waals surface area contributed by atoms with E-state index in [1.807, 2.05) is 36.4 Å². The number of aryl methyl sites for hydroxylation is 1. The van der Waals surface area contributed by atoms with Crippen LogP contribution >= 0.6 is 11.3 Å². The lowest BCUT2D eigenvalue weighted by Gasteiger charge is -2.24. The molecule has 0 radical (unpaired) electrons. The van der Waals surface area contributed by atoms with Crippen LogP contribution in [0.1, 0.15) is 20.8 Å². The standard InChI is InChI=1S/C20H19NO4S2/c1-15-14-18(26-19(15)20(22)23)27(24,25)21(17-10-6-3-7-11-17)13-12-16-8-4-2-5-9-16/h2-11,14H,12-13H2,1H3,(H,22,23). The fraction of sp³-hybridized carbons (Fsp3) is 0.150. The predicted molar refractivity (Wildman–Crippen MR) is 107 cm³/mol. The average molecular weight is 402 g/mol. The molecule has 3 rings (SSSR count). The third kappa shape index (κ3) is 4.20. The molecule has 1 heterocycles. The molecule has 0 amide bonds. The summed E-state index contributed by atoms with van der Waals surface area (Å²) in [6.07, 6.45) is 0.547. The molecule has 0 atom stereocenters. The minimum absolute atomic E-state index is 0.0364. The number of benzene rings is 2. The van der Waals surface area contributed by atoms with Crippen LogP contribution in [-0.2, 0) is 16.4 Å². The highest BCUT2D eigenvalue weighted by Crippen LogP contribution is 2.31. The molecule has 0 aliphatic heterocycles. The third-order valence-electron chi connectivity index (χ3n) is 4.12. The molecule has 0 saturated heterocycles. The van der Waals surface area contributed by atoms with Crippen LogP contribution in [0.4, 0.5) is 5.69 Å². The lowest BCUT2D eigenvalue weighted by Crippen LogP contribution is -2.32. The van der Waals surface area contributed by atoms with Gasteiger partial charge in [-0.15, -0.1) is 11.3 Å². The Bertz CT molecular complexity index is 1030. The summed E-state index contributed by atoms with van der Waals surface area (Å²) in [7, 11) is -3.87. The zero-order valence-electron chi connectivity index (χ0n) is 14.7. The Kier molecular flexibility index (Phi) is 5.62.